The lowest BCUT2D eigenvalue weighted by Crippen LogP contribution is -2.36. The summed E-state index contributed by atoms with van der Waals surface area (Å²) in [6.07, 6.45) is 0.712. The third-order valence-electron chi connectivity index (χ3n) is 6.72. The maximum Gasteiger partial charge on any atom is 0.337 e. The van der Waals surface area contributed by atoms with Crippen LogP contribution < -0.4 is 19.5 Å². The number of hydrogen-bond acceptors (Lipinski definition) is 7. The van der Waals surface area contributed by atoms with Crippen molar-refractivity contribution in [2.75, 3.05) is 21.3 Å². The van der Waals surface area contributed by atoms with Gasteiger partial charge in [-0.1, -0.05) is 18.2 Å². The minimum Gasteiger partial charge on any atom is -0.497 e. The summed E-state index contributed by atoms with van der Waals surface area (Å²) in [5.74, 6) is 0.903. The largest absolute Gasteiger partial charge is 0.497 e. The summed E-state index contributed by atoms with van der Waals surface area (Å²) in [5.41, 5.74) is 4.41. The van der Waals surface area contributed by atoms with E-state index in [0.717, 1.165) is 22.6 Å². The van der Waals surface area contributed by atoms with Gasteiger partial charge in [0.15, 0.2) is 17.3 Å². The van der Waals surface area contributed by atoms with Crippen molar-refractivity contribution in [3.63, 3.8) is 0 Å². The molecule has 36 heavy (non-hydrogen) atoms. The zero-order chi connectivity index (χ0) is 26.0. The molecule has 7 nitrogen and oxygen atoms in total. The van der Waals surface area contributed by atoms with Gasteiger partial charge in [-0.3, -0.25) is 4.79 Å². The second-order valence-electron chi connectivity index (χ2n) is 9.36. The van der Waals surface area contributed by atoms with Gasteiger partial charge >= 0.3 is 5.97 Å². The SMILES string of the molecule is COc1ccc([C@@H]2CC(=O)C3=C(C2)NC(C)=C(C(=O)OC(C)C)[C@@H]3c2ccc(OC)c(OC)c2)cc1. The molecular formula is C29H33NO6. The Bertz CT molecular complexity index is 1220. The van der Waals surface area contributed by atoms with E-state index in [2.05, 4.69) is 5.32 Å². The average molecular weight is 492 g/mol. The van der Waals surface area contributed by atoms with Gasteiger partial charge in [0.2, 0.25) is 0 Å². The Hall–Kier alpha value is -3.74. The molecule has 7 heteroatoms. The Morgan fingerprint density at radius 1 is 0.917 bits per heavy atom. The van der Waals surface area contributed by atoms with Gasteiger partial charge in [-0.2, -0.15) is 0 Å². The summed E-state index contributed by atoms with van der Waals surface area (Å²) in [7, 11) is 4.77. The fourth-order valence-electron chi connectivity index (χ4n) is 5.06. The molecule has 1 heterocycles. The second kappa shape index (κ2) is 10.5. The number of ether oxygens (including phenoxy) is 4. The van der Waals surface area contributed by atoms with E-state index in [-0.39, 0.29) is 17.8 Å². The van der Waals surface area contributed by atoms with Crippen LogP contribution in [0, 0.1) is 0 Å². The highest BCUT2D eigenvalue weighted by Gasteiger charge is 2.41. The van der Waals surface area contributed by atoms with Gasteiger partial charge in [-0.25, -0.2) is 4.79 Å². The van der Waals surface area contributed by atoms with Gasteiger partial charge in [0.05, 0.1) is 33.0 Å². The summed E-state index contributed by atoms with van der Waals surface area (Å²) in [5, 5.41) is 3.38. The van der Waals surface area contributed by atoms with E-state index >= 15 is 0 Å². The molecule has 0 saturated carbocycles. The van der Waals surface area contributed by atoms with Crippen molar-refractivity contribution in [2.24, 2.45) is 0 Å². The molecule has 1 N–H and O–H groups in total. The highest BCUT2D eigenvalue weighted by atomic mass is 16.5. The molecule has 0 amide bonds. The van der Waals surface area contributed by atoms with Gasteiger partial charge < -0.3 is 24.3 Å². The van der Waals surface area contributed by atoms with E-state index in [1.807, 2.05) is 57.2 Å². The number of benzene rings is 2. The van der Waals surface area contributed by atoms with Gasteiger partial charge in [-0.15, -0.1) is 0 Å². The van der Waals surface area contributed by atoms with Crippen LogP contribution in [0.1, 0.15) is 56.6 Å². The molecule has 0 saturated heterocycles. The number of esters is 1. The molecule has 0 unspecified atom stereocenters. The third kappa shape index (κ3) is 4.83. The highest BCUT2D eigenvalue weighted by molar-refractivity contribution is 6.04. The maximum atomic E-state index is 13.7. The van der Waals surface area contributed by atoms with E-state index in [1.165, 1.54) is 0 Å². The number of carbonyl (C=O) groups is 2. The first-order valence-corrected chi connectivity index (χ1v) is 12.1. The summed E-state index contributed by atoms with van der Waals surface area (Å²) in [6.45, 7) is 5.48. The molecule has 0 spiro atoms. The van der Waals surface area contributed by atoms with Crippen LogP contribution in [-0.4, -0.2) is 39.2 Å². The van der Waals surface area contributed by atoms with Crippen LogP contribution in [0.5, 0.6) is 17.2 Å². The smallest absolute Gasteiger partial charge is 0.337 e. The molecule has 4 rings (SSSR count). The fraction of sp³-hybridized carbons (Fsp3) is 0.379. The van der Waals surface area contributed by atoms with Gasteiger partial charge in [0.25, 0.3) is 0 Å². The van der Waals surface area contributed by atoms with Gasteiger partial charge in [0.1, 0.15) is 5.75 Å². The monoisotopic (exact) mass is 491 g/mol. The van der Waals surface area contributed by atoms with Crippen LogP contribution in [-0.2, 0) is 14.3 Å². The lowest BCUT2D eigenvalue weighted by molar-refractivity contribution is -0.143. The summed E-state index contributed by atoms with van der Waals surface area (Å²) in [4.78, 5) is 27.0. The van der Waals surface area contributed by atoms with Crippen molar-refractivity contribution in [1.29, 1.82) is 0 Å². The van der Waals surface area contributed by atoms with Crippen LogP contribution in [0.15, 0.2) is 65.0 Å². The predicted molar refractivity (Wildman–Crippen MR) is 136 cm³/mol. The number of dihydropyridines is 1. The zero-order valence-corrected chi connectivity index (χ0v) is 21.6. The van der Waals surface area contributed by atoms with Crippen LogP contribution in [0.4, 0.5) is 0 Å². The molecule has 1 aliphatic carbocycles. The van der Waals surface area contributed by atoms with Crippen LogP contribution >= 0.6 is 0 Å². The summed E-state index contributed by atoms with van der Waals surface area (Å²) in [6, 6.07) is 13.3. The lowest BCUT2D eigenvalue weighted by Gasteiger charge is -2.37. The molecule has 2 atom stereocenters. The van der Waals surface area contributed by atoms with Crippen molar-refractivity contribution < 1.29 is 28.5 Å². The maximum absolute atomic E-state index is 13.7. The number of ketones is 1. The number of rotatable bonds is 7. The van der Waals surface area contributed by atoms with Gasteiger partial charge in [-0.05, 0) is 68.5 Å². The first-order valence-electron chi connectivity index (χ1n) is 12.1. The normalized spacial score (nSPS) is 19.6. The lowest BCUT2D eigenvalue weighted by atomic mass is 9.71. The number of hydrogen-bond donors (Lipinski definition) is 1. The number of allylic oxidation sites excluding steroid dienone is 3. The summed E-state index contributed by atoms with van der Waals surface area (Å²) >= 11 is 0. The summed E-state index contributed by atoms with van der Waals surface area (Å²) < 4.78 is 21.8. The fourth-order valence-corrected chi connectivity index (χ4v) is 5.06. The molecule has 0 fully saturated rings. The quantitative estimate of drug-likeness (QED) is 0.544. The average Bonchev–Trinajstić information content (AvgIpc) is 2.86. The Morgan fingerprint density at radius 2 is 1.58 bits per heavy atom. The van der Waals surface area contributed by atoms with Crippen LogP contribution in [0.3, 0.4) is 0 Å². The van der Waals surface area contributed by atoms with Crippen LogP contribution in [0.2, 0.25) is 0 Å². The zero-order valence-electron chi connectivity index (χ0n) is 21.6. The van der Waals surface area contributed by atoms with E-state index < -0.39 is 11.9 Å². The van der Waals surface area contributed by atoms with Crippen molar-refractivity contribution >= 4 is 11.8 Å². The molecule has 2 aromatic rings. The molecule has 0 aromatic heterocycles. The van der Waals surface area contributed by atoms with Crippen LogP contribution in [0.25, 0.3) is 0 Å². The minimum absolute atomic E-state index is 0.00620. The van der Waals surface area contributed by atoms with E-state index in [9.17, 15) is 9.59 Å². The first-order chi connectivity index (χ1) is 17.3. The Labute approximate surface area is 212 Å². The van der Waals surface area contributed by atoms with E-state index in [4.69, 9.17) is 18.9 Å². The second-order valence-corrected chi connectivity index (χ2v) is 9.36. The minimum atomic E-state index is -0.573. The van der Waals surface area contributed by atoms with Crippen molar-refractivity contribution in [3.8, 4) is 17.2 Å². The van der Waals surface area contributed by atoms with Crippen molar-refractivity contribution in [1.82, 2.24) is 5.32 Å². The topological polar surface area (TPSA) is 83.1 Å². The predicted octanol–water partition coefficient (Wildman–Crippen LogP) is 5.03. The van der Waals surface area contributed by atoms with Crippen molar-refractivity contribution in [3.05, 3.63) is 76.1 Å². The van der Waals surface area contributed by atoms with E-state index in [0.29, 0.717) is 41.2 Å². The highest BCUT2D eigenvalue weighted by Crippen LogP contribution is 2.47. The molecule has 2 aliphatic rings. The number of nitrogens with one attached hydrogen (secondary N) is 1. The number of Topliss-reactive ketones (excluding diaryl/α,β-unsaturated/α-hetero) is 1. The van der Waals surface area contributed by atoms with Gasteiger partial charge in [0, 0.05) is 29.3 Å². The molecule has 0 bridgehead atoms. The van der Waals surface area contributed by atoms with Crippen molar-refractivity contribution in [2.45, 2.75) is 51.6 Å². The molecule has 2 aromatic carbocycles. The molecule has 0 radical (unpaired) electrons. The molecular weight excluding hydrogens is 458 g/mol. The Morgan fingerprint density at radius 3 is 2.19 bits per heavy atom. The number of methoxy groups -OCH3 is 3. The first kappa shape index (κ1) is 25.4. The Kier molecular flexibility index (Phi) is 7.38. The Balaban J connectivity index is 1.80. The molecule has 190 valence electrons. The molecule has 1 aliphatic heterocycles. The standard InChI is InChI=1S/C29H33NO6/c1-16(2)36-29(32)26-17(3)30-22-13-20(18-7-10-21(33-4)11-8-18)14-23(31)28(22)27(26)19-9-12-24(34-5)25(15-19)35-6/h7-12,15-16,20,27,30H,13-14H2,1-6H3/t20-,27-/m0/s1. The third-order valence-corrected chi connectivity index (χ3v) is 6.72. The van der Waals surface area contributed by atoms with E-state index in [1.54, 1.807) is 27.4 Å². The number of carbonyl (C=O) groups excluding carboxylic acids is 2.